The molecule has 0 saturated carbocycles. The molecule has 0 saturated heterocycles. The summed E-state index contributed by atoms with van der Waals surface area (Å²) < 4.78 is 29.6. The van der Waals surface area contributed by atoms with Crippen molar-refractivity contribution < 1.29 is 22.7 Å². The molecule has 154 valence electrons. The monoisotopic (exact) mass is 415 g/mol. The Hall–Kier alpha value is -2.67. The first-order valence-electron chi connectivity index (χ1n) is 9.67. The van der Waals surface area contributed by atoms with Crippen LogP contribution in [-0.2, 0) is 25.8 Å². The minimum absolute atomic E-state index is 0.0483. The van der Waals surface area contributed by atoms with Crippen LogP contribution in [0.4, 0.5) is 0 Å². The quantitative estimate of drug-likeness (QED) is 0.677. The van der Waals surface area contributed by atoms with Crippen LogP contribution in [0.1, 0.15) is 47.3 Å². The Morgan fingerprint density at radius 3 is 2.55 bits per heavy atom. The van der Waals surface area contributed by atoms with Crippen molar-refractivity contribution in [2.75, 3.05) is 19.4 Å². The third-order valence-electron chi connectivity index (χ3n) is 5.35. The molecule has 0 bridgehead atoms. The lowest BCUT2D eigenvalue weighted by Crippen LogP contribution is -2.36. The summed E-state index contributed by atoms with van der Waals surface area (Å²) in [6, 6.07) is 13.9. The lowest BCUT2D eigenvalue weighted by atomic mass is 9.87. The first kappa shape index (κ1) is 21.0. The van der Waals surface area contributed by atoms with Gasteiger partial charge in [0.05, 0.1) is 22.3 Å². The van der Waals surface area contributed by atoms with Crippen LogP contribution in [0.3, 0.4) is 0 Å². The molecule has 0 aliphatic heterocycles. The highest BCUT2D eigenvalue weighted by Gasteiger charge is 2.28. The normalized spacial score (nSPS) is 16.0. The van der Waals surface area contributed by atoms with Crippen LogP contribution in [0.2, 0.25) is 0 Å². The fraction of sp³-hybridized carbons (Fsp3) is 0.364. The maximum absolute atomic E-state index is 12.7. The number of hydrogen-bond acceptors (Lipinski definition) is 5. The van der Waals surface area contributed by atoms with Gasteiger partial charge < -0.3 is 9.64 Å². The zero-order valence-electron chi connectivity index (χ0n) is 16.6. The van der Waals surface area contributed by atoms with Crippen LogP contribution in [0.15, 0.2) is 53.4 Å². The van der Waals surface area contributed by atoms with Crippen LogP contribution in [0.25, 0.3) is 0 Å². The Morgan fingerprint density at radius 2 is 1.79 bits per heavy atom. The molecule has 6 nitrogen and oxygen atoms in total. The number of fused-ring (bicyclic) bond motifs is 1. The van der Waals surface area contributed by atoms with E-state index in [1.54, 1.807) is 24.1 Å². The summed E-state index contributed by atoms with van der Waals surface area (Å²) in [6.07, 6.45) is 2.83. The van der Waals surface area contributed by atoms with Crippen LogP contribution >= 0.6 is 0 Å². The predicted octanol–water partition coefficient (Wildman–Crippen LogP) is 3.17. The second-order valence-electron chi connectivity index (χ2n) is 7.09. The third-order valence-corrected chi connectivity index (χ3v) is 7.13. The number of rotatable bonds is 6. The van der Waals surface area contributed by atoms with Gasteiger partial charge in [0.2, 0.25) is 0 Å². The zero-order chi connectivity index (χ0) is 21.0. The Labute approximate surface area is 171 Å². The van der Waals surface area contributed by atoms with Crippen LogP contribution in [0.5, 0.6) is 0 Å². The number of hydrogen-bond donors (Lipinski definition) is 0. The molecule has 1 amide bonds. The zero-order valence-corrected chi connectivity index (χ0v) is 17.4. The number of ether oxygens (including phenoxy) is 1. The van der Waals surface area contributed by atoms with E-state index in [4.69, 9.17) is 4.74 Å². The summed E-state index contributed by atoms with van der Waals surface area (Å²) in [7, 11) is -1.87. The molecule has 1 aliphatic rings. The number of carbonyl (C=O) groups excluding carboxylic acids is 2. The summed E-state index contributed by atoms with van der Waals surface area (Å²) >= 11 is 0. The minimum Gasteiger partial charge on any atom is -0.452 e. The average Bonchev–Trinajstić information content (AvgIpc) is 2.76. The molecule has 2 aromatic carbocycles. The van der Waals surface area contributed by atoms with Crippen molar-refractivity contribution in [2.45, 2.75) is 37.1 Å². The van der Waals surface area contributed by atoms with E-state index in [2.05, 4.69) is 6.07 Å². The molecule has 0 fully saturated rings. The average molecular weight is 416 g/mol. The Kier molecular flexibility index (Phi) is 6.37. The molecule has 0 heterocycles. The largest absolute Gasteiger partial charge is 0.452 e. The van der Waals surface area contributed by atoms with E-state index in [1.165, 1.54) is 24.6 Å². The first-order valence-corrected chi connectivity index (χ1v) is 11.3. The van der Waals surface area contributed by atoms with E-state index in [9.17, 15) is 18.0 Å². The number of aryl methyl sites for hydroxylation is 1. The van der Waals surface area contributed by atoms with E-state index >= 15 is 0 Å². The second-order valence-corrected chi connectivity index (χ2v) is 9.33. The first-order chi connectivity index (χ1) is 13.8. The number of amides is 1. The fourth-order valence-electron chi connectivity index (χ4n) is 3.67. The van der Waals surface area contributed by atoms with Gasteiger partial charge in [-0.3, -0.25) is 4.79 Å². The maximum atomic E-state index is 12.7. The highest BCUT2D eigenvalue weighted by Crippen LogP contribution is 2.33. The van der Waals surface area contributed by atoms with Crippen molar-refractivity contribution in [1.82, 2.24) is 4.90 Å². The predicted molar refractivity (Wildman–Crippen MR) is 109 cm³/mol. The van der Waals surface area contributed by atoms with Crippen molar-refractivity contribution in [2.24, 2.45) is 0 Å². The van der Waals surface area contributed by atoms with E-state index in [-0.39, 0.29) is 28.2 Å². The van der Waals surface area contributed by atoms with Gasteiger partial charge in [-0.1, -0.05) is 43.3 Å². The number of esters is 1. The molecular weight excluding hydrogens is 390 g/mol. The van der Waals surface area contributed by atoms with Crippen LogP contribution in [0, 0.1) is 0 Å². The number of carbonyl (C=O) groups is 2. The SMILES string of the molecule is CCS(=O)(=O)c1ccccc1C(=O)OCC(=O)N(C)[C@H]1CCCc2ccccc21. The molecular formula is C22H25NO5S. The molecule has 0 spiro atoms. The Bertz CT molecular complexity index is 1020. The molecule has 29 heavy (non-hydrogen) atoms. The summed E-state index contributed by atoms with van der Waals surface area (Å²) in [5.41, 5.74) is 2.31. The van der Waals surface area contributed by atoms with Gasteiger partial charge in [-0.05, 0) is 42.5 Å². The molecule has 7 heteroatoms. The van der Waals surface area contributed by atoms with Crippen LogP contribution in [-0.4, -0.2) is 44.6 Å². The molecule has 0 unspecified atom stereocenters. The Morgan fingerprint density at radius 1 is 1.10 bits per heavy atom. The van der Waals surface area contributed by atoms with Gasteiger partial charge >= 0.3 is 5.97 Å². The second kappa shape index (κ2) is 8.78. The molecule has 3 rings (SSSR count). The van der Waals surface area contributed by atoms with Crippen LogP contribution < -0.4 is 0 Å². The lowest BCUT2D eigenvalue weighted by molar-refractivity contribution is -0.135. The molecule has 0 aromatic heterocycles. The maximum Gasteiger partial charge on any atom is 0.339 e. The van der Waals surface area contributed by atoms with Gasteiger partial charge in [-0.15, -0.1) is 0 Å². The van der Waals surface area contributed by atoms with Crippen molar-refractivity contribution in [1.29, 1.82) is 0 Å². The summed E-state index contributed by atoms with van der Waals surface area (Å²) in [4.78, 5) is 26.7. The molecule has 0 N–H and O–H groups in total. The summed E-state index contributed by atoms with van der Waals surface area (Å²) in [6.45, 7) is 1.08. The standard InChI is InChI=1S/C22H25NO5S/c1-3-29(26,27)20-14-7-6-12-18(20)22(25)28-15-21(24)23(2)19-13-8-10-16-9-4-5-11-17(16)19/h4-7,9,11-12,14,19H,3,8,10,13,15H2,1-2H3/t19-/m0/s1. The van der Waals surface area contributed by atoms with E-state index < -0.39 is 22.4 Å². The highest BCUT2D eigenvalue weighted by molar-refractivity contribution is 7.91. The van der Waals surface area contributed by atoms with Gasteiger partial charge in [0.15, 0.2) is 16.4 Å². The number of benzene rings is 2. The molecule has 0 radical (unpaired) electrons. The molecule has 1 aliphatic carbocycles. The van der Waals surface area contributed by atoms with E-state index in [0.717, 1.165) is 24.8 Å². The van der Waals surface area contributed by atoms with Gasteiger partial charge in [-0.25, -0.2) is 13.2 Å². The van der Waals surface area contributed by atoms with Gasteiger partial charge in [-0.2, -0.15) is 0 Å². The molecule has 2 aromatic rings. The number of likely N-dealkylation sites (N-methyl/N-ethyl adjacent to an activating group) is 1. The minimum atomic E-state index is -3.58. The molecule has 1 atom stereocenters. The summed E-state index contributed by atoms with van der Waals surface area (Å²) in [5.74, 6) is -1.26. The fourth-order valence-corrected chi connectivity index (χ4v) is 4.76. The van der Waals surface area contributed by atoms with Crippen molar-refractivity contribution in [3.05, 3.63) is 65.2 Å². The van der Waals surface area contributed by atoms with Crippen molar-refractivity contribution in [3.63, 3.8) is 0 Å². The summed E-state index contributed by atoms with van der Waals surface area (Å²) in [5, 5.41) is 0. The third kappa shape index (κ3) is 4.50. The lowest BCUT2D eigenvalue weighted by Gasteiger charge is -2.33. The highest BCUT2D eigenvalue weighted by atomic mass is 32.2. The smallest absolute Gasteiger partial charge is 0.339 e. The van der Waals surface area contributed by atoms with Gasteiger partial charge in [0.1, 0.15) is 0 Å². The van der Waals surface area contributed by atoms with E-state index in [0.29, 0.717) is 0 Å². The number of nitrogens with zero attached hydrogens (tertiary/aromatic N) is 1. The van der Waals surface area contributed by atoms with Crippen molar-refractivity contribution in [3.8, 4) is 0 Å². The number of sulfone groups is 1. The van der Waals surface area contributed by atoms with Crippen molar-refractivity contribution >= 4 is 21.7 Å². The van der Waals surface area contributed by atoms with Gasteiger partial charge in [0.25, 0.3) is 5.91 Å². The van der Waals surface area contributed by atoms with E-state index in [1.807, 2.05) is 18.2 Å². The van der Waals surface area contributed by atoms with Gasteiger partial charge in [0, 0.05) is 7.05 Å². The Balaban J connectivity index is 1.70. The topological polar surface area (TPSA) is 80.7 Å².